The minimum atomic E-state index is -2.54. The third-order valence-electron chi connectivity index (χ3n) is 19.3. The van der Waals surface area contributed by atoms with Gasteiger partial charge < -0.3 is 101 Å². The number of rotatable bonds is 12. The number of carbonyl (C=O) groups excluding carboxylic acids is 11. The van der Waals surface area contributed by atoms with Crippen LogP contribution >= 0.6 is 11.6 Å². The van der Waals surface area contributed by atoms with Crippen LogP contribution in [0, 0.1) is 42.9 Å². The van der Waals surface area contributed by atoms with Crippen molar-refractivity contribution in [3.63, 3.8) is 0 Å². The highest BCUT2D eigenvalue weighted by Crippen LogP contribution is 2.49. The highest BCUT2D eigenvalue weighted by Gasteiger charge is 2.73. The molecule has 0 bridgehead atoms. The Balaban J connectivity index is 0.000000133. The number of allylic oxidation sites excluding steroid dienone is 4. The highest BCUT2D eigenvalue weighted by atomic mass is 35.5. The van der Waals surface area contributed by atoms with Gasteiger partial charge in [-0.3, -0.25) is 28.8 Å². The number of aryl methyl sites for hydroxylation is 2. The van der Waals surface area contributed by atoms with E-state index in [0.29, 0.717) is 139 Å². The molecule has 4 unspecified atom stereocenters. The summed E-state index contributed by atoms with van der Waals surface area (Å²) >= 11 is 5.78. The van der Waals surface area contributed by atoms with Gasteiger partial charge in [0.25, 0.3) is 0 Å². The van der Waals surface area contributed by atoms with Gasteiger partial charge in [0.2, 0.25) is 29.0 Å². The summed E-state index contributed by atoms with van der Waals surface area (Å²) < 4.78 is 58.5. The molecule has 4 atom stereocenters. The standard InChI is InChI=1S/C21H20BNO4.2C14H14BNO4.C13H11BClNO4.C10H12BNO6.CH4/c1-16-12-19-13-20(24)27-22(19,26-16)21(25)23(14-17-8-4-2-5-9-17)15-18-10-6-3-7-11-18;1-9-3-5-12(6-4-9)16-14(18)15-11(7-10(2)19-15)8-13(17)20-15;1-9-5-3-4-6-12(9)16-14(18)15-11(7-10(2)19-15)8-13(17)20-15;1-8-6-9-7-12(17)20-14(9,19-8)13(18)16-11-4-2-10(15)3-5-11;13-8-5-7-6-9(14)18-11(7,17-8)10(15)12-1-3-16-4-2-12;/h2-11H,1,12-15H2;2*3-6H,2,7-8H2,1H3,(H,16,18);2-5H,1,6-7H2,(H,16,18);1-6H2;1H4. The average Bonchev–Trinajstić information content (AvgIpc) is 1.61. The van der Waals surface area contributed by atoms with Crippen molar-refractivity contribution in [2.75, 3.05) is 42.3 Å². The molecule has 11 saturated heterocycles. The summed E-state index contributed by atoms with van der Waals surface area (Å²) in [5.74, 6) is 0.236. The van der Waals surface area contributed by atoms with E-state index in [1.54, 1.807) is 47.4 Å². The van der Waals surface area contributed by atoms with Crippen LogP contribution in [0.15, 0.2) is 183 Å². The number of hydrogen-bond acceptors (Lipinski definition) is 22. The number of carbonyl (C=O) groups is 11. The number of anilines is 3. The van der Waals surface area contributed by atoms with Crippen LogP contribution < -0.4 is 16.0 Å². The Morgan fingerprint density at radius 1 is 0.425 bits per heavy atom. The van der Waals surface area contributed by atoms with Gasteiger partial charge in [-0.05, 0) is 73.0 Å². The Hall–Kier alpha value is -11.6. The number of amides is 5. The lowest BCUT2D eigenvalue weighted by Crippen LogP contribution is -2.58. The molecule has 0 aliphatic carbocycles. The maximum atomic E-state index is 13.5. The van der Waals surface area contributed by atoms with E-state index in [1.165, 1.54) is 4.90 Å². The molecule has 0 radical (unpaired) electrons. The van der Waals surface area contributed by atoms with E-state index in [-0.39, 0.29) is 51.8 Å². The second-order valence-electron chi connectivity index (χ2n) is 26.9. The first-order valence-corrected chi connectivity index (χ1v) is 34.4. The van der Waals surface area contributed by atoms with Crippen LogP contribution in [0.4, 0.5) is 41.0 Å². The minimum Gasteiger partial charge on any atom is -0.637 e. The zero-order valence-corrected chi connectivity index (χ0v) is 58.2. The van der Waals surface area contributed by atoms with Gasteiger partial charge in [0.05, 0.1) is 36.3 Å². The first kappa shape index (κ1) is 75.5. The monoisotopic (exact) mass is 1460 g/mol. The Labute approximate surface area is 617 Å². The first-order valence-electron chi connectivity index (χ1n) is 34.0. The van der Waals surface area contributed by atoms with E-state index in [2.05, 4.69) is 42.3 Å². The summed E-state index contributed by atoms with van der Waals surface area (Å²) in [6.07, 6.45) is 2.09. The lowest BCUT2D eigenvalue weighted by Gasteiger charge is -2.34. The molecular weight excluding hydrogens is 1390 g/mol. The Morgan fingerprint density at radius 3 is 1.16 bits per heavy atom. The fraction of sp³-hybridized carbons (Fsp3) is 0.260. The topological polar surface area (TPSA) is 332 Å². The number of morpholine rings is 1. The largest absolute Gasteiger partial charge is 0.643 e. The number of nitrogens with one attached hydrogen (secondary N) is 3. The zero-order chi connectivity index (χ0) is 74.6. The van der Waals surface area contributed by atoms with Gasteiger partial charge >= 0.3 is 68.6 Å². The molecule has 5 aromatic carbocycles. The Morgan fingerprint density at radius 2 is 0.755 bits per heavy atom. The van der Waals surface area contributed by atoms with Gasteiger partial charge in [0.15, 0.2) is 0 Å². The Kier molecular flexibility index (Phi) is 22.1. The van der Waals surface area contributed by atoms with Gasteiger partial charge in [-0.15, -0.1) is 0 Å². The van der Waals surface area contributed by atoms with Crippen LogP contribution in [0.3, 0.4) is 0 Å². The van der Waals surface area contributed by atoms with Crippen molar-refractivity contribution in [2.24, 2.45) is 0 Å². The maximum Gasteiger partial charge on any atom is 0.643 e. The molecular formula is C73H75B5ClN5O22. The average molecular weight is 1460 g/mol. The molecule has 0 saturated carbocycles. The third-order valence-corrected chi connectivity index (χ3v) is 19.6. The molecule has 11 heterocycles. The van der Waals surface area contributed by atoms with Crippen LogP contribution in [0.2, 0.25) is 5.02 Å². The quantitative estimate of drug-likeness (QED) is 0.0771. The summed E-state index contributed by atoms with van der Waals surface area (Å²) in [4.78, 5) is 136. The zero-order valence-electron chi connectivity index (χ0n) is 57.5. The highest BCUT2D eigenvalue weighted by molar-refractivity contribution is 7.06. The van der Waals surface area contributed by atoms with Crippen molar-refractivity contribution in [3.8, 4) is 0 Å². The van der Waals surface area contributed by atoms with Gasteiger partial charge in [-0.1, -0.05) is 142 Å². The number of benzene rings is 5. The van der Waals surface area contributed by atoms with Crippen molar-refractivity contribution in [3.05, 3.63) is 239 Å². The molecule has 106 heavy (non-hydrogen) atoms. The number of ether oxygens (including phenoxy) is 1. The van der Waals surface area contributed by atoms with Crippen molar-refractivity contribution >= 4 is 126 Å². The van der Waals surface area contributed by atoms with Gasteiger partial charge in [-0.25, -0.2) is 0 Å². The van der Waals surface area contributed by atoms with Crippen LogP contribution in [-0.2, 0) is 93.1 Å². The van der Waals surface area contributed by atoms with Crippen molar-refractivity contribution < 1.29 is 104 Å². The van der Waals surface area contributed by atoms with Crippen LogP contribution in [0.5, 0.6) is 0 Å². The number of nitrogens with zero attached hydrogens (tertiary/aromatic N) is 2. The Bertz CT molecular complexity index is 4110. The molecule has 3 N–H and O–H groups in total. The van der Waals surface area contributed by atoms with E-state index in [0.717, 1.165) is 22.3 Å². The fourth-order valence-electron chi connectivity index (χ4n) is 14.3. The van der Waals surface area contributed by atoms with Gasteiger partial charge in [0, 0.05) is 77.4 Å². The predicted molar refractivity (Wildman–Crippen MR) is 392 cm³/mol. The van der Waals surface area contributed by atoms with Crippen molar-refractivity contribution in [1.82, 2.24) is 9.80 Å². The predicted octanol–water partition coefficient (Wildman–Crippen LogP) is 11.9. The summed E-state index contributed by atoms with van der Waals surface area (Å²) in [6, 6.07) is 40.9. The van der Waals surface area contributed by atoms with Crippen molar-refractivity contribution in [1.29, 1.82) is 0 Å². The third kappa shape index (κ3) is 15.7. The molecule has 5 aromatic rings. The maximum absolute atomic E-state index is 13.5. The first-order chi connectivity index (χ1) is 50.2. The van der Waals surface area contributed by atoms with E-state index < -0.39 is 91.8 Å². The number of halogens is 1. The minimum absolute atomic E-state index is 0. The summed E-state index contributed by atoms with van der Waals surface area (Å²) in [6.45, 7) is 9.13. The van der Waals surface area contributed by atoms with E-state index >= 15 is 0 Å². The van der Waals surface area contributed by atoms with E-state index in [1.807, 2.05) is 105 Å². The van der Waals surface area contributed by atoms with Crippen molar-refractivity contribution in [2.45, 2.75) is 98.6 Å². The molecule has 11 aliphatic heterocycles. The van der Waals surface area contributed by atoms with E-state index in [9.17, 15) is 52.7 Å². The number of para-hydroxylation sites is 1. The molecule has 546 valence electrons. The smallest absolute Gasteiger partial charge is 0.637 e. The second kappa shape index (κ2) is 31.0. The SMILES string of the molecule is C.C=C1C[C+]2CC(=O)O[B-]2(C(=O)N(Cc2ccccc2)Cc2ccccc2)O1.C=C1C[C+]2CC(=O)O[B-]2(C(=O)Nc2ccc(C)cc2)O1.C=C1C[C+]2CC(=O)O[B-]2(C(=O)Nc2ccc(Cl)cc2)O1.C=C1C[C+]2CC(=O)O[B-]2(C(=O)Nc2ccccc2C)O1.O=C1C[C+]2CC(=O)O[B-]2(C(=O)N2CCOCC2)O1. The molecule has 11 aliphatic rings. The number of hydrogen-bond donors (Lipinski definition) is 3. The van der Waals surface area contributed by atoms with Gasteiger partial charge in [0.1, 0.15) is 64.2 Å². The van der Waals surface area contributed by atoms with Gasteiger partial charge in [-0.2, -0.15) is 0 Å². The van der Waals surface area contributed by atoms with Crippen LogP contribution in [-0.4, -0.2) is 134 Å². The summed E-state index contributed by atoms with van der Waals surface area (Å²) in [7, 11) is 0. The molecule has 5 amide bonds. The molecule has 27 nitrogen and oxygen atoms in total. The lowest BCUT2D eigenvalue weighted by atomic mass is 9.47. The lowest BCUT2D eigenvalue weighted by molar-refractivity contribution is -0.139. The van der Waals surface area contributed by atoms with Crippen LogP contribution in [0.1, 0.15) is 93.9 Å². The molecule has 33 heteroatoms. The summed E-state index contributed by atoms with van der Waals surface area (Å²) in [5.41, 5.74) is 5.89. The molecule has 11 fully saturated rings. The molecule has 0 aromatic heterocycles. The number of fused-ring (bicyclic) bond motifs is 5. The van der Waals surface area contributed by atoms with Crippen LogP contribution in [0.25, 0.3) is 0 Å². The normalized spacial score (nSPS) is 23.3. The molecule has 16 rings (SSSR count). The second-order valence-corrected chi connectivity index (χ2v) is 27.4. The van der Waals surface area contributed by atoms with E-state index in [4.69, 9.17) is 62.9 Å². The summed E-state index contributed by atoms with van der Waals surface area (Å²) in [5, 5.41) is 8.77. The fourth-order valence-corrected chi connectivity index (χ4v) is 14.4. The molecule has 0 spiro atoms.